The fourth-order valence-corrected chi connectivity index (χ4v) is 7.89. The molecule has 6 rings (SSSR count). The first-order valence-electron chi connectivity index (χ1n) is 14.7. The molecule has 8 heteroatoms. The fraction of sp³-hybridized carbons (Fsp3) is 0.700. The minimum absolute atomic E-state index is 0.0122. The SMILES string of the molecule is O=C(NCCCCN1CCCC2=C[C@@H]3C[C@@H](CN4CCCC[C@H]34)[C@@H]21)C1(c2ccc(OC(F)(F)F)cc2)CC1. The van der Waals surface area contributed by atoms with Gasteiger partial charge in [-0.05, 0) is 107 Å². The van der Waals surface area contributed by atoms with Crippen LogP contribution >= 0.6 is 0 Å². The van der Waals surface area contributed by atoms with Crippen molar-refractivity contribution in [2.24, 2.45) is 11.8 Å². The van der Waals surface area contributed by atoms with Gasteiger partial charge in [-0.25, -0.2) is 0 Å². The number of piperidine rings is 3. The van der Waals surface area contributed by atoms with Crippen molar-refractivity contribution >= 4 is 5.91 Å². The summed E-state index contributed by atoms with van der Waals surface area (Å²) in [5.74, 6) is 1.25. The summed E-state index contributed by atoms with van der Waals surface area (Å²) in [6.07, 6.45) is 9.39. The van der Waals surface area contributed by atoms with Gasteiger partial charge in [0.2, 0.25) is 5.91 Å². The Morgan fingerprint density at radius 1 is 1.08 bits per heavy atom. The highest BCUT2D eigenvalue weighted by atomic mass is 19.4. The van der Waals surface area contributed by atoms with Crippen molar-refractivity contribution < 1.29 is 22.7 Å². The number of ether oxygens (including phenoxy) is 1. The van der Waals surface area contributed by atoms with E-state index in [4.69, 9.17) is 0 Å². The molecule has 1 amide bonds. The summed E-state index contributed by atoms with van der Waals surface area (Å²) in [4.78, 5) is 18.5. The number of amides is 1. The molecule has 2 bridgehead atoms. The highest BCUT2D eigenvalue weighted by molar-refractivity contribution is 5.91. The smallest absolute Gasteiger partial charge is 0.406 e. The highest BCUT2D eigenvalue weighted by Gasteiger charge is 2.51. The van der Waals surface area contributed by atoms with Crippen LogP contribution in [0.25, 0.3) is 0 Å². The topological polar surface area (TPSA) is 44.8 Å². The second-order valence-electron chi connectivity index (χ2n) is 12.2. The van der Waals surface area contributed by atoms with Gasteiger partial charge in [0.25, 0.3) is 0 Å². The van der Waals surface area contributed by atoms with Crippen LogP contribution in [0.15, 0.2) is 35.9 Å². The Kier molecular flexibility index (Phi) is 7.23. The van der Waals surface area contributed by atoms with E-state index in [1.807, 2.05) is 0 Å². The quantitative estimate of drug-likeness (QED) is 0.360. The predicted octanol–water partition coefficient (Wildman–Crippen LogP) is 5.41. The molecular formula is C30H40F3N3O2. The van der Waals surface area contributed by atoms with Crippen LogP contribution in [0.4, 0.5) is 13.2 Å². The Labute approximate surface area is 223 Å². The van der Waals surface area contributed by atoms with Crippen LogP contribution in [0.1, 0.15) is 69.8 Å². The first kappa shape index (κ1) is 26.2. The molecule has 4 atom stereocenters. The molecule has 3 saturated heterocycles. The molecule has 5 aliphatic rings. The molecule has 208 valence electrons. The van der Waals surface area contributed by atoms with Crippen LogP contribution in [0.2, 0.25) is 0 Å². The van der Waals surface area contributed by atoms with Crippen LogP contribution in [0, 0.1) is 11.8 Å². The summed E-state index contributed by atoms with van der Waals surface area (Å²) in [5.41, 5.74) is 1.87. The number of likely N-dealkylation sites (tertiary alicyclic amines) is 1. The van der Waals surface area contributed by atoms with Gasteiger partial charge < -0.3 is 10.1 Å². The predicted molar refractivity (Wildman–Crippen MR) is 140 cm³/mol. The largest absolute Gasteiger partial charge is 0.573 e. The van der Waals surface area contributed by atoms with E-state index in [9.17, 15) is 18.0 Å². The molecule has 5 nitrogen and oxygen atoms in total. The van der Waals surface area contributed by atoms with E-state index in [1.165, 1.54) is 70.3 Å². The van der Waals surface area contributed by atoms with Crippen molar-refractivity contribution in [2.45, 2.75) is 88.1 Å². The highest BCUT2D eigenvalue weighted by Crippen LogP contribution is 2.49. The van der Waals surface area contributed by atoms with Crippen molar-refractivity contribution in [3.05, 3.63) is 41.5 Å². The van der Waals surface area contributed by atoms with Crippen molar-refractivity contribution in [2.75, 3.05) is 32.7 Å². The van der Waals surface area contributed by atoms with Crippen LogP contribution in [-0.2, 0) is 10.2 Å². The summed E-state index contributed by atoms with van der Waals surface area (Å²) in [6.45, 7) is 5.43. The van der Waals surface area contributed by atoms with Gasteiger partial charge in [-0.3, -0.25) is 14.6 Å². The van der Waals surface area contributed by atoms with E-state index >= 15 is 0 Å². The van der Waals surface area contributed by atoms with Crippen molar-refractivity contribution in [1.29, 1.82) is 0 Å². The number of hydrogen-bond donors (Lipinski definition) is 1. The fourth-order valence-electron chi connectivity index (χ4n) is 7.89. The number of halogens is 3. The Hall–Kier alpha value is -2.06. The third-order valence-electron chi connectivity index (χ3n) is 9.74. The Bertz CT molecular complexity index is 1040. The van der Waals surface area contributed by atoms with Gasteiger partial charge in [-0.1, -0.05) is 30.2 Å². The van der Waals surface area contributed by atoms with Crippen molar-refractivity contribution in [3.8, 4) is 5.75 Å². The van der Waals surface area contributed by atoms with Gasteiger partial charge in [-0.2, -0.15) is 0 Å². The van der Waals surface area contributed by atoms with E-state index < -0.39 is 11.8 Å². The number of hydrogen-bond acceptors (Lipinski definition) is 4. The summed E-state index contributed by atoms with van der Waals surface area (Å²) in [6, 6.07) is 7.15. The maximum absolute atomic E-state index is 13.0. The van der Waals surface area contributed by atoms with Gasteiger partial charge in [0, 0.05) is 25.2 Å². The van der Waals surface area contributed by atoms with Crippen LogP contribution in [0.3, 0.4) is 0 Å². The molecule has 0 spiro atoms. The van der Waals surface area contributed by atoms with Gasteiger partial charge in [0.1, 0.15) is 5.75 Å². The lowest BCUT2D eigenvalue weighted by atomic mass is 9.68. The number of fused-ring (bicyclic) bond motifs is 6. The molecule has 0 unspecified atom stereocenters. The van der Waals surface area contributed by atoms with Crippen LogP contribution in [0.5, 0.6) is 5.75 Å². The zero-order valence-corrected chi connectivity index (χ0v) is 22.1. The lowest BCUT2D eigenvalue weighted by molar-refractivity contribution is -0.274. The molecule has 1 aromatic carbocycles. The van der Waals surface area contributed by atoms with Crippen molar-refractivity contribution in [3.63, 3.8) is 0 Å². The van der Waals surface area contributed by atoms with E-state index in [2.05, 4.69) is 25.9 Å². The van der Waals surface area contributed by atoms with Gasteiger partial charge in [0.05, 0.1) is 5.41 Å². The number of alkyl halides is 3. The number of nitrogens with one attached hydrogen (secondary N) is 1. The molecule has 38 heavy (non-hydrogen) atoms. The zero-order valence-electron chi connectivity index (χ0n) is 22.1. The third kappa shape index (κ3) is 5.35. The molecule has 1 N–H and O–H groups in total. The van der Waals surface area contributed by atoms with E-state index in [0.717, 1.165) is 55.7 Å². The van der Waals surface area contributed by atoms with Crippen LogP contribution < -0.4 is 10.1 Å². The molecular weight excluding hydrogens is 491 g/mol. The average Bonchev–Trinajstić information content (AvgIpc) is 3.70. The molecule has 2 aliphatic carbocycles. The number of unbranched alkanes of at least 4 members (excludes halogenated alkanes) is 1. The lowest BCUT2D eigenvalue weighted by Gasteiger charge is -2.55. The van der Waals surface area contributed by atoms with E-state index in [0.29, 0.717) is 12.6 Å². The molecule has 0 radical (unpaired) electrons. The van der Waals surface area contributed by atoms with E-state index in [-0.39, 0.29) is 11.7 Å². The lowest BCUT2D eigenvalue weighted by Crippen LogP contribution is -2.59. The van der Waals surface area contributed by atoms with Crippen molar-refractivity contribution in [1.82, 2.24) is 15.1 Å². The molecule has 3 aliphatic heterocycles. The molecule has 0 aromatic heterocycles. The number of nitrogens with zero attached hydrogens (tertiary/aromatic N) is 2. The molecule has 1 aromatic rings. The third-order valence-corrected chi connectivity index (χ3v) is 9.74. The number of benzene rings is 1. The summed E-state index contributed by atoms with van der Waals surface area (Å²) in [5, 5.41) is 3.11. The van der Waals surface area contributed by atoms with Crippen LogP contribution in [-0.4, -0.2) is 66.9 Å². The maximum Gasteiger partial charge on any atom is 0.573 e. The Morgan fingerprint density at radius 2 is 1.89 bits per heavy atom. The number of carbonyl (C=O) groups excluding carboxylic acids is 1. The molecule has 1 saturated carbocycles. The summed E-state index contributed by atoms with van der Waals surface area (Å²) in [7, 11) is 0. The Balaban J connectivity index is 0.982. The second-order valence-corrected chi connectivity index (χ2v) is 12.2. The van der Waals surface area contributed by atoms with Gasteiger partial charge >= 0.3 is 6.36 Å². The zero-order chi connectivity index (χ0) is 26.3. The first-order valence-corrected chi connectivity index (χ1v) is 14.7. The average molecular weight is 532 g/mol. The van der Waals surface area contributed by atoms with Gasteiger partial charge in [0.15, 0.2) is 0 Å². The molecule has 4 fully saturated rings. The Morgan fingerprint density at radius 3 is 2.66 bits per heavy atom. The first-order chi connectivity index (χ1) is 18.3. The minimum atomic E-state index is -4.71. The normalized spacial score (nSPS) is 30.6. The maximum atomic E-state index is 13.0. The molecule has 3 heterocycles. The summed E-state index contributed by atoms with van der Waals surface area (Å²) < 4.78 is 41.3. The monoisotopic (exact) mass is 531 g/mol. The second kappa shape index (κ2) is 10.5. The van der Waals surface area contributed by atoms with Gasteiger partial charge in [-0.15, -0.1) is 13.2 Å². The number of carbonyl (C=O) groups is 1. The number of rotatable bonds is 8. The minimum Gasteiger partial charge on any atom is -0.406 e. The standard InChI is InChI=1S/C30H40F3N3O2/c31-30(32,33)38-25-10-8-24(9-11-25)29(12-13-29)28(37)34-14-2-4-15-35-17-5-6-21-18-22-19-23(27(21)35)20-36-16-3-1-7-26(22)36/h8-11,18,22-23,26-27H,1-7,12-17,19-20H2,(H,34,37)/t22-,23+,26-,27-/m1/s1. The van der Waals surface area contributed by atoms with E-state index in [1.54, 1.807) is 17.7 Å². The summed E-state index contributed by atoms with van der Waals surface area (Å²) >= 11 is 0.